The topological polar surface area (TPSA) is 32.3 Å². The van der Waals surface area contributed by atoms with Crippen LogP contribution in [-0.4, -0.2) is 25.0 Å². The molecule has 1 fully saturated rings. The first-order valence-electron chi connectivity index (χ1n) is 5.65. The number of nitrogens with one attached hydrogen (secondary N) is 1. The molecule has 1 rings (SSSR count). The van der Waals surface area contributed by atoms with Gasteiger partial charge in [0, 0.05) is 20.5 Å². The molecule has 1 N–H and O–H groups in total. The molecule has 0 saturated heterocycles. The zero-order valence-corrected chi connectivity index (χ0v) is 9.38. The lowest BCUT2D eigenvalue weighted by Crippen LogP contribution is -2.36. The molecule has 0 unspecified atom stereocenters. The molecule has 0 heterocycles. The maximum Gasteiger partial charge on any atom is 0.234 e. The van der Waals surface area contributed by atoms with Crippen LogP contribution < -0.4 is 5.43 Å². The second-order valence-electron chi connectivity index (χ2n) is 4.47. The second-order valence-corrected chi connectivity index (χ2v) is 4.47. The maximum atomic E-state index is 11.3. The molecule has 0 bridgehead atoms. The predicted molar refractivity (Wildman–Crippen MR) is 57.6 cm³/mol. The molecule has 3 nitrogen and oxygen atoms in total. The summed E-state index contributed by atoms with van der Waals surface area (Å²) < 4.78 is 0. The molecule has 1 aliphatic carbocycles. The molecule has 0 aliphatic heterocycles. The number of nitrogens with zero attached hydrogens (tertiary/aromatic N) is 1. The van der Waals surface area contributed by atoms with Crippen molar-refractivity contribution in [3.05, 3.63) is 0 Å². The highest BCUT2D eigenvalue weighted by Gasteiger charge is 2.14. The first-order chi connectivity index (χ1) is 6.68. The van der Waals surface area contributed by atoms with Gasteiger partial charge in [0.15, 0.2) is 0 Å². The summed E-state index contributed by atoms with van der Waals surface area (Å²) in [6, 6.07) is 0. The van der Waals surface area contributed by atoms with E-state index in [1.165, 1.54) is 32.1 Å². The number of rotatable bonds is 4. The Bertz CT molecular complexity index is 174. The zero-order valence-electron chi connectivity index (χ0n) is 9.38. The van der Waals surface area contributed by atoms with Crippen LogP contribution in [0.1, 0.15) is 44.9 Å². The van der Waals surface area contributed by atoms with Gasteiger partial charge in [-0.2, -0.15) is 0 Å². The van der Waals surface area contributed by atoms with Crippen LogP contribution in [0.25, 0.3) is 0 Å². The fourth-order valence-electron chi connectivity index (χ4n) is 2.12. The molecule has 14 heavy (non-hydrogen) atoms. The van der Waals surface area contributed by atoms with Crippen molar-refractivity contribution in [3.8, 4) is 0 Å². The van der Waals surface area contributed by atoms with Crippen molar-refractivity contribution in [2.24, 2.45) is 5.92 Å². The Balaban J connectivity index is 2.09. The third-order valence-corrected chi connectivity index (χ3v) is 2.85. The van der Waals surface area contributed by atoms with Gasteiger partial charge in [0.05, 0.1) is 0 Å². The molecule has 3 heteroatoms. The summed E-state index contributed by atoms with van der Waals surface area (Å²) in [5.41, 5.74) is 2.78. The van der Waals surface area contributed by atoms with Crippen LogP contribution in [0.2, 0.25) is 0 Å². The van der Waals surface area contributed by atoms with Crippen LogP contribution in [0.4, 0.5) is 0 Å². The monoisotopic (exact) mass is 198 g/mol. The average Bonchev–Trinajstić information content (AvgIpc) is 2.15. The fraction of sp³-hybridized carbons (Fsp3) is 0.909. The molecule has 0 aromatic rings. The normalized spacial score (nSPS) is 18.5. The molecule has 0 aromatic carbocycles. The highest BCUT2D eigenvalue weighted by atomic mass is 16.2. The highest BCUT2D eigenvalue weighted by molar-refractivity contribution is 5.75. The van der Waals surface area contributed by atoms with E-state index in [0.29, 0.717) is 6.42 Å². The van der Waals surface area contributed by atoms with Gasteiger partial charge in [-0.15, -0.1) is 0 Å². The van der Waals surface area contributed by atoms with Crippen molar-refractivity contribution >= 4 is 5.91 Å². The molecular formula is C11H22N2O. The van der Waals surface area contributed by atoms with Crippen molar-refractivity contribution in [2.45, 2.75) is 44.9 Å². The van der Waals surface area contributed by atoms with Crippen molar-refractivity contribution in [3.63, 3.8) is 0 Å². The lowest BCUT2D eigenvalue weighted by atomic mass is 9.86. The van der Waals surface area contributed by atoms with Gasteiger partial charge in [-0.3, -0.25) is 10.2 Å². The van der Waals surface area contributed by atoms with E-state index in [1.807, 2.05) is 14.1 Å². The quantitative estimate of drug-likeness (QED) is 0.700. The van der Waals surface area contributed by atoms with Gasteiger partial charge in [-0.05, 0) is 12.3 Å². The Hall–Kier alpha value is -0.570. The van der Waals surface area contributed by atoms with E-state index in [2.05, 4.69) is 5.43 Å². The van der Waals surface area contributed by atoms with Gasteiger partial charge in [0.1, 0.15) is 0 Å². The van der Waals surface area contributed by atoms with E-state index in [9.17, 15) is 4.79 Å². The predicted octanol–water partition coefficient (Wildman–Crippen LogP) is 1.94. The Kier molecular flexibility index (Phi) is 4.94. The molecular weight excluding hydrogens is 176 g/mol. The molecule has 82 valence electrons. The lowest BCUT2D eigenvalue weighted by Gasteiger charge is -2.21. The minimum absolute atomic E-state index is 0.153. The van der Waals surface area contributed by atoms with Crippen molar-refractivity contribution in [2.75, 3.05) is 14.1 Å². The number of hydrogen-bond acceptors (Lipinski definition) is 2. The van der Waals surface area contributed by atoms with Gasteiger partial charge in [0.25, 0.3) is 0 Å². The number of carbonyl (C=O) groups excluding carboxylic acids is 1. The van der Waals surface area contributed by atoms with E-state index in [0.717, 1.165) is 12.3 Å². The highest BCUT2D eigenvalue weighted by Crippen LogP contribution is 2.27. The summed E-state index contributed by atoms with van der Waals surface area (Å²) in [4.78, 5) is 11.3. The Labute approximate surface area is 86.8 Å². The summed E-state index contributed by atoms with van der Waals surface area (Å²) in [7, 11) is 3.69. The largest absolute Gasteiger partial charge is 0.289 e. The van der Waals surface area contributed by atoms with E-state index < -0.39 is 0 Å². The molecule has 1 aliphatic rings. The second kappa shape index (κ2) is 6.02. The van der Waals surface area contributed by atoms with Gasteiger partial charge in [-0.1, -0.05) is 32.1 Å². The summed E-state index contributed by atoms with van der Waals surface area (Å²) in [6.45, 7) is 0. The Morgan fingerprint density at radius 2 is 1.93 bits per heavy atom. The van der Waals surface area contributed by atoms with E-state index in [-0.39, 0.29) is 5.91 Å². The van der Waals surface area contributed by atoms with Crippen molar-refractivity contribution < 1.29 is 4.79 Å². The minimum Gasteiger partial charge on any atom is -0.289 e. The van der Waals surface area contributed by atoms with Crippen molar-refractivity contribution in [1.29, 1.82) is 0 Å². The minimum atomic E-state index is 0.153. The number of hydrazine groups is 1. The smallest absolute Gasteiger partial charge is 0.234 e. The molecule has 0 radical (unpaired) electrons. The van der Waals surface area contributed by atoms with E-state index in [4.69, 9.17) is 0 Å². The summed E-state index contributed by atoms with van der Waals surface area (Å²) in [6.07, 6.45) is 8.52. The molecule has 1 saturated carbocycles. The standard InChI is InChI=1S/C11H22N2O/c1-13(2)12-11(14)9-8-10-6-4-3-5-7-10/h10H,3-9H2,1-2H3,(H,12,14). The molecule has 0 aromatic heterocycles. The number of carbonyl (C=O) groups is 1. The Morgan fingerprint density at radius 3 is 2.50 bits per heavy atom. The third-order valence-electron chi connectivity index (χ3n) is 2.85. The van der Waals surface area contributed by atoms with Gasteiger partial charge in [-0.25, -0.2) is 5.01 Å². The van der Waals surface area contributed by atoms with Crippen LogP contribution in [0.5, 0.6) is 0 Å². The SMILES string of the molecule is CN(C)NC(=O)CCC1CCCCC1. The molecule has 0 atom stereocenters. The summed E-state index contributed by atoms with van der Waals surface area (Å²) >= 11 is 0. The third kappa shape index (κ3) is 4.61. The maximum absolute atomic E-state index is 11.3. The van der Waals surface area contributed by atoms with Crippen LogP contribution in [0.15, 0.2) is 0 Å². The van der Waals surface area contributed by atoms with E-state index >= 15 is 0 Å². The lowest BCUT2D eigenvalue weighted by molar-refractivity contribution is -0.125. The fourth-order valence-corrected chi connectivity index (χ4v) is 2.12. The van der Waals surface area contributed by atoms with Crippen LogP contribution >= 0.6 is 0 Å². The molecule has 0 spiro atoms. The van der Waals surface area contributed by atoms with Gasteiger partial charge >= 0.3 is 0 Å². The zero-order chi connectivity index (χ0) is 10.4. The van der Waals surface area contributed by atoms with Gasteiger partial charge in [0.2, 0.25) is 5.91 Å². The average molecular weight is 198 g/mol. The van der Waals surface area contributed by atoms with Crippen LogP contribution in [0, 0.1) is 5.92 Å². The van der Waals surface area contributed by atoms with Crippen molar-refractivity contribution in [1.82, 2.24) is 10.4 Å². The van der Waals surface area contributed by atoms with Crippen LogP contribution in [0.3, 0.4) is 0 Å². The number of hydrogen-bond donors (Lipinski definition) is 1. The van der Waals surface area contributed by atoms with Gasteiger partial charge < -0.3 is 0 Å². The first kappa shape index (κ1) is 11.5. The summed E-state index contributed by atoms with van der Waals surface area (Å²) in [5, 5.41) is 1.71. The first-order valence-corrected chi connectivity index (χ1v) is 5.65. The molecule has 1 amide bonds. The Morgan fingerprint density at radius 1 is 1.29 bits per heavy atom. The van der Waals surface area contributed by atoms with Crippen LogP contribution in [-0.2, 0) is 4.79 Å². The number of amides is 1. The van der Waals surface area contributed by atoms with E-state index in [1.54, 1.807) is 5.01 Å². The summed E-state index contributed by atoms with van der Waals surface area (Å²) in [5.74, 6) is 0.956.